The van der Waals surface area contributed by atoms with E-state index in [0.717, 1.165) is 0 Å². The third kappa shape index (κ3) is 1.85. The Bertz CT molecular complexity index is 291. The molecule has 5 nitrogen and oxygen atoms in total. The van der Waals surface area contributed by atoms with E-state index in [0.29, 0.717) is 17.3 Å². The SMILES string of the molecule is CSc1ncc(NC=O)c(N)n1. The fourth-order valence-electron chi connectivity index (χ4n) is 0.651. The number of aromatic nitrogens is 2. The van der Waals surface area contributed by atoms with Crippen molar-refractivity contribution in [2.45, 2.75) is 5.16 Å². The molecular weight excluding hydrogens is 176 g/mol. The largest absolute Gasteiger partial charge is 0.382 e. The van der Waals surface area contributed by atoms with Crippen LogP contribution in [-0.4, -0.2) is 22.6 Å². The summed E-state index contributed by atoms with van der Waals surface area (Å²) in [4.78, 5) is 17.9. The van der Waals surface area contributed by atoms with E-state index < -0.39 is 0 Å². The van der Waals surface area contributed by atoms with Crippen molar-refractivity contribution in [3.05, 3.63) is 6.20 Å². The second-order valence-corrected chi connectivity index (χ2v) is 2.69. The summed E-state index contributed by atoms with van der Waals surface area (Å²) < 4.78 is 0. The minimum atomic E-state index is 0.279. The highest BCUT2D eigenvalue weighted by molar-refractivity contribution is 7.98. The smallest absolute Gasteiger partial charge is 0.211 e. The molecule has 0 atom stereocenters. The summed E-state index contributed by atoms with van der Waals surface area (Å²) in [5, 5.41) is 2.97. The van der Waals surface area contributed by atoms with Crippen LogP contribution in [0.4, 0.5) is 11.5 Å². The van der Waals surface area contributed by atoms with Crippen molar-refractivity contribution in [1.29, 1.82) is 0 Å². The first-order chi connectivity index (χ1) is 5.77. The lowest BCUT2D eigenvalue weighted by molar-refractivity contribution is -0.105. The average molecular weight is 184 g/mol. The van der Waals surface area contributed by atoms with Crippen molar-refractivity contribution in [3.63, 3.8) is 0 Å². The van der Waals surface area contributed by atoms with Crippen LogP contribution in [0.3, 0.4) is 0 Å². The van der Waals surface area contributed by atoms with Gasteiger partial charge in [0.25, 0.3) is 0 Å². The van der Waals surface area contributed by atoms with Crippen LogP contribution in [0, 0.1) is 0 Å². The zero-order valence-corrected chi connectivity index (χ0v) is 7.26. The van der Waals surface area contributed by atoms with Crippen molar-refractivity contribution in [3.8, 4) is 0 Å². The lowest BCUT2D eigenvalue weighted by Crippen LogP contribution is -2.02. The third-order valence-corrected chi connectivity index (χ3v) is 1.75. The summed E-state index contributed by atoms with van der Waals surface area (Å²) >= 11 is 1.39. The predicted molar refractivity (Wildman–Crippen MR) is 47.9 cm³/mol. The fourth-order valence-corrected chi connectivity index (χ4v) is 0.999. The zero-order chi connectivity index (χ0) is 8.97. The van der Waals surface area contributed by atoms with Crippen molar-refractivity contribution in [1.82, 2.24) is 9.97 Å². The Balaban J connectivity index is 2.94. The van der Waals surface area contributed by atoms with Crippen molar-refractivity contribution in [2.24, 2.45) is 0 Å². The van der Waals surface area contributed by atoms with Crippen LogP contribution < -0.4 is 11.1 Å². The molecule has 0 unspecified atom stereocenters. The zero-order valence-electron chi connectivity index (χ0n) is 6.44. The van der Waals surface area contributed by atoms with Crippen LogP contribution in [0.2, 0.25) is 0 Å². The molecule has 0 aromatic carbocycles. The Kier molecular flexibility index (Phi) is 2.87. The van der Waals surface area contributed by atoms with E-state index in [1.165, 1.54) is 18.0 Å². The van der Waals surface area contributed by atoms with Gasteiger partial charge in [0.15, 0.2) is 11.0 Å². The molecule has 0 aliphatic heterocycles. The van der Waals surface area contributed by atoms with Crippen LogP contribution in [-0.2, 0) is 4.79 Å². The van der Waals surface area contributed by atoms with Crippen molar-refractivity contribution >= 4 is 29.7 Å². The molecule has 0 radical (unpaired) electrons. The Morgan fingerprint density at radius 2 is 2.50 bits per heavy atom. The van der Waals surface area contributed by atoms with Gasteiger partial charge < -0.3 is 11.1 Å². The van der Waals surface area contributed by atoms with Gasteiger partial charge in [-0.15, -0.1) is 0 Å². The Labute approximate surface area is 73.8 Å². The first-order valence-corrected chi connectivity index (χ1v) is 4.37. The molecular formula is C6H8N4OS. The topological polar surface area (TPSA) is 80.9 Å². The van der Waals surface area contributed by atoms with E-state index in [-0.39, 0.29) is 5.82 Å². The molecule has 0 fully saturated rings. The van der Waals surface area contributed by atoms with Gasteiger partial charge in [0.05, 0.1) is 6.20 Å². The summed E-state index contributed by atoms with van der Waals surface area (Å²) in [6.07, 6.45) is 3.86. The maximum atomic E-state index is 10.1. The highest BCUT2D eigenvalue weighted by Gasteiger charge is 2.01. The van der Waals surface area contributed by atoms with Gasteiger partial charge in [-0.25, -0.2) is 9.97 Å². The maximum Gasteiger partial charge on any atom is 0.211 e. The number of nitrogens with two attached hydrogens (primary N) is 1. The van der Waals surface area contributed by atoms with Crippen LogP contribution in [0.5, 0.6) is 0 Å². The van der Waals surface area contributed by atoms with Crippen LogP contribution in [0.25, 0.3) is 0 Å². The molecule has 0 spiro atoms. The number of hydrogen-bond acceptors (Lipinski definition) is 5. The van der Waals surface area contributed by atoms with Crippen LogP contribution in [0.1, 0.15) is 0 Å². The lowest BCUT2D eigenvalue weighted by atomic mass is 10.5. The van der Waals surface area contributed by atoms with Crippen molar-refractivity contribution < 1.29 is 4.79 Å². The molecule has 1 aromatic heterocycles. The first-order valence-electron chi connectivity index (χ1n) is 3.14. The van der Waals surface area contributed by atoms with E-state index in [2.05, 4.69) is 15.3 Å². The molecule has 0 saturated carbocycles. The van der Waals surface area contributed by atoms with E-state index in [1.807, 2.05) is 6.26 Å². The number of nitrogens with one attached hydrogen (secondary N) is 1. The first kappa shape index (κ1) is 8.79. The molecule has 6 heteroatoms. The van der Waals surface area contributed by atoms with Crippen molar-refractivity contribution in [2.75, 3.05) is 17.3 Å². The summed E-state index contributed by atoms with van der Waals surface area (Å²) in [5.74, 6) is 0.279. The number of amides is 1. The lowest BCUT2D eigenvalue weighted by Gasteiger charge is -2.02. The Morgan fingerprint density at radius 1 is 1.75 bits per heavy atom. The number of thioether (sulfide) groups is 1. The van der Waals surface area contributed by atoms with E-state index in [9.17, 15) is 4.79 Å². The second-order valence-electron chi connectivity index (χ2n) is 1.92. The minimum absolute atomic E-state index is 0.279. The predicted octanol–water partition coefficient (Wildman–Crippen LogP) is 0.349. The molecule has 1 rings (SSSR count). The van der Waals surface area contributed by atoms with E-state index in [4.69, 9.17) is 5.73 Å². The standard InChI is InChI=1S/C6H8N4OS/c1-12-6-8-2-4(9-3-11)5(7)10-6/h2-3H,1H3,(H,9,11)(H2,7,8,10). The highest BCUT2D eigenvalue weighted by Crippen LogP contribution is 2.16. The van der Waals surface area contributed by atoms with Gasteiger partial charge in [-0.1, -0.05) is 11.8 Å². The molecule has 0 aliphatic rings. The van der Waals surface area contributed by atoms with Crippen LogP contribution >= 0.6 is 11.8 Å². The summed E-state index contributed by atoms with van der Waals surface area (Å²) in [6.45, 7) is 0. The van der Waals surface area contributed by atoms with E-state index >= 15 is 0 Å². The number of rotatable bonds is 3. The molecule has 1 amide bonds. The molecule has 64 valence electrons. The van der Waals surface area contributed by atoms with E-state index in [1.54, 1.807) is 0 Å². The van der Waals surface area contributed by atoms with Gasteiger partial charge in [0.1, 0.15) is 5.69 Å². The number of hydrogen-bond donors (Lipinski definition) is 2. The van der Waals surface area contributed by atoms with Gasteiger partial charge in [-0.05, 0) is 6.26 Å². The van der Waals surface area contributed by atoms with Gasteiger partial charge in [0.2, 0.25) is 6.41 Å². The normalized spacial score (nSPS) is 9.42. The fraction of sp³-hybridized carbons (Fsp3) is 0.167. The number of carbonyl (C=O) groups excluding carboxylic acids is 1. The monoisotopic (exact) mass is 184 g/mol. The minimum Gasteiger partial charge on any atom is -0.382 e. The Hall–Kier alpha value is -1.30. The molecule has 0 bridgehead atoms. The number of anilines is 2. The molecule has 3 N–H and O–H groups in total. The van der Waals surface area contributed by atoms with Gasteiger partial charge in [-0.2, -0.15) is 0 Å². The molecule has 1 aromatic rings. The quantitative estimate of drug-likeness (QED) is 0.402. The maximum absolute atomic E-state index is 10.1. The second kappa shape index (κ2) is 3.91. The van der Waals surface area contributed by atoms with Gasteiger partial charge in [0, 0.05) is 0 Å². The van der Waals surface area contributed by atoms with Gasteiger partial charge in [-0.3, -0.25) is 4.79 Å². The highest BCUT2D eigenvalue weighted by atomic mass is 32.2. The summed E-state index contributed by atoms with van der Waals surface area (Å²) in [5.41, 5.74) is 5.93. The summed E-state index contributed by atoms with van der Waals surface area (Å²) in [7, 11) is 0. The molecule has 0 saturated heterocycles. The van der Waals surface area contributed by atoms with Crippen LogP contribution in [0.15, 0.2) is 11.4 Å². The molecule has 1 heterocycles. The Morgan fingerprint density at radius 3 is 3.00 bits per heavy atom. The number of nitrogens with zero attached hydrogens (tertiary/aromatic N) is 2. The van der Waals surface area contributed by atoms with Gasteiger partial charge >= 0.3 is 0 Å². The number of carbonyl (C=O) groups is 1. The number of nitrogen functional groups attached to an aromatic ring is 1. The third-order valence-electron chi connectivity index (χ3n) is 1.19. The summed E-state index contributed by atoms with van der Waals surface area (Å²) in [6, 6.07) is 0. The molecule has 0 aliphatic carbocycles. The molecule has 12 heavy (non-hydrogen) atoms. The average Bonchev–Trinajstić information content (AvgIpc) is 2.09.